The minimum Gasteiger partial charge on any atom is -0.466 e. The number of halogens is 7. The number of nitrogens with zero attached hydrogens (tertiary/aromatic N) is 1. The van der Waals surface area contributed by atoms with Crippen LogP contribution >= 0.6 is 22.6 Å². The van der Waals surface area contributed by atoms with Crippen LogP contribution in [0.2, 0.25) is 0 Å². The van der Waals surface area contributed by atoms with Gasteiger partial charge in [0.05, 0.1) is 13.0 Å². The van der Waals surface area contributed by atoms with E-state index in [9.17, 15) is 31.1 Å². The molecule has 11 heteroatoms. The second-order valence-corrected chi connectivity index (χ2v) is 4.84. The smallest absolute Gasteiger partial charge is 0.466 e. The minimum absolute atomic E-state index is 0.0669. The first-order valence-electron chi connectivity index (χ1n) is 5.62. The van der Waals surface area contributed by atoms with E-state index in [4.69, 9.17) is 0 Å². The molecule has 0 amide bonds. The van der Waals surface area contributed by atoms with Crippen LogP contribution < -0.4 is 4.74 Å². The summed E-state index contributed by atoms with van der Waals surface area (Å²) in [4.78, 5) is 14.4. The molecule has 0 unspecified atom stereocenters. The van der Waals surface area contributed by atoms with Crippen molar-refractivity contribution in [2.24, 2.45) is 0 Å². The topological polar surface area (TPSA) is 48.4 Å². The molecule has 0 aliphatic carbocycles. The van der Waals surface area contributed by atoms with Crippen LogP contribution in [0.1, 0.15) is 18.2 Å². The van der Waals surface area contributed by atoms with E-state index < -0.39 is 45.6 Å². The summed E-state index contributed by atoms with van der Waals surface area (Å²) >= 11 is 1.17. The Morgan fingerprint density at radius 2 is 1.86 bits per heavy atom. The first-order valence-corrected chi connectivity index (χ1v) is 6.70. The zero-order valence-electron chi connectivity index (χ0n) is 10.8. The van der Waals surface area contributed by atoms with Crippen molar-refractivity contribution in [2.75, 3.05) is 6.61 Å². The molecular formula is C11H8F6INO3. The summed E-state index contributed by atoms with van der Waals surface area (Å²) in [5.41, 5.74) is -2.03. The van der Waals surface area contributed by atoms with Gasteiger partial charge in [-0.25, -0.2) is 4.98 Å². The Hall–Kier alpha value is -1.27. The predicted molar refractivity (Wildman–Crippen MR) is 69.0 cm³/mol. The van der Waals surface area contributed by atoms with Gasteiger partial charge in [-0.1, -0.05) is 0 Å². The standard InChI is InChI=1S/C11H8F6INO3/c1-2-21-7(20)4-5-3-6(10(12,13)14)19-9(18)8(5)22-11(15,16)17/h3H,2,4H2,1H3. The zero-order chi connectivity index (χ0) is 17.1. The lowest BCUT2D eigenvalue weighted by molar-refractivity contribution is -0.275. The normalized spacial score (nSPS) is 12.2. The highest BCUT2D eigenvalue weighted by atomic mass is 127. The average Bonchev–Trinajstić information content (AvgIpc) is 2.30. The number of esters is 1. The maximum absolute atomic E-state index is 12.7. The molecule has 0 radical (unpaired) electrons. The van der Waals surface area contributed by atoms with Gasteiger partial charge in [0.15, 0.2) is 5.75 Å². The van der Waals surface area contributed by atoms with Crippen molar-refractivity contribution in [3.8, 4) is 5.75 Å². The van der Waals surface area contributed by atoms with Crippen molar-refractivity contribution < 1.29 is 40.6 Å². The van der Waals surface area contributed by atoms with Crippen molar-refractivity contribution in [1.82, 2.24) is 4.98 Å². The molecule has 1 heterocycles. The van der Waals surface area contributed by atoms with Gasteiger partial charge in [-0.15, -0.1) is 13.2 Å². The Labute approximate surface area is 133 Å². The molecular weight excluding hydrogens is 435 g/mol. The summed E-state index contributed by atoms with van der Waals surface area (Å²) < 4.78 is 82.5. The molecule has 0 aromatic carbocycles. The van der Waals surface area contributed by atoms with Crippen molar-refractivity contribution in [2.45, 2.75) is 25.9 Å². The Morgan fingerprint density at radius 3 is 2.32 bits per heavy atom. The number of rotatable bonds is 4. The van der Waals surface area contributed by atoms with Crippen LogP contribution in [0.25, 0.3) is 0 Å². The molecule has 4 nitrogen and oxygen atoms in total. The molecule has 0 N–H and O–H groups in total. The van der Waals surface area contributed by atoms with Crippen LogP contribution in [0.5, 0.6) is 5.75 Å². The molecule has 1 aromatic rings. The summed E-state index contributed by atoms with van der Waals surface area (Å²) in [7, 11) is 0. The van der Waals surface area contributed by atoms with Gasteiger partial charge in [-0.2, -0.15) is 13.2 Å². The third kappa shape index (κ3) is 5.50. The van der Waals surface area contributed by atoms with Gasteiger partial charge in [0, 0.05) is 5.56 Å². The largest absolute Gasteiger partial charge is 0.573 e. The number of hydrogen-bond acceptors (Lipinski definition) is 4. The highest BCUT2D eigenvalue weighted by Crippen LogP contribution is 2.36. The van der Waals surface area contributed by atoms with Crippen molar-refractivity contribution >= 4 is 28.6 Å². The van der Waals surface area contributed by atoms with E-state index in [1.54, 1.807) is 0 Å². The highest BCUT2D eigenvalue weighted by Gasteiger charge is 2.38. The molecule has 0 aliphatic rings. The SMILES string of the molecule is CCOC(=O)Cc1cc(C(F)(F)F)nc(I)c1OC(F)(F)F. The molecule has 0 saturated carbocycles. The Bertz CT molecular complexity index is 558. The molecule has 0 bridgehead atoms. The van der Waals surface area contributed by atoms with Crippen molar-refractivity contribution in [1.29, 1.82) is 0 Å². The predicted octanol–water partition coefficient (Wildman–Crippen LogP) is 3.71. The van der Waals surface area contributed by atoms with Crippen LogP contribution in [0.4, 0.5) is 26.3 Å². The van der Waals surface area contributed by atoms with E-state index in [1.807, 2.05) is 0 Å². The van der Waals surface area contributed by atoms with Crippen molar-refractivity contribution in [3.05, 3.63) is 21.0 Å². The van der Waals surface area contributed by atoms with Gasteiger partial charge in [0.1, 0.15) is 9.39 Å². The molecule has 0 aliphatic heterocycles. The summed E-state index contributed by atoms with van der Waals surface area (Å²) in [5, 5.41) is 0. The minimum atomic E-state index is -5.13. The Kier molecular flexibility index (Phi) is 5.87. The van der Waals surface area contributed by atoms with E-state index in [2.05, 4.69) is 14.5 Å². The highest BCUT2D eigenvalue weighted by molar-refractivity contribution is 14.1. The van der Waals surface area contributed by atoms with Gasteiger partial charge in [-0.05, 0) is 35.6 Å². The molecule has 1 rings (SSSR count). The van der Waals surface area contributed by atoms with Gasteiger partial charge >= 0.3 is 18.5 Å². The fourth-order valence-corrected chi connectivity index (χ4v) is 2.14. The molecule has 0 saturated heterocycles. The van der Waals surface area contributed by atoms with Crippen LogP contribution in [-0.2, 0) is 22.1 Å². The molecule has 1 aromatic heterocycles. The maximum atomic E-state index is 12.7. The fraction of sp³-hybridized carbons (Fsp3) is 0.455. The monoisotopic (exact) mass is 443 g/mol. The van der Waals surface area contributed by atoms with Gasteiger partial charge in [0.2, 0.25) is 0 Å². The number of alkyl halides is 6. The maximum Gasteiger partial charge on any atom is 0.573 e. The number of aromatic nitrogens is 1. The Balaban J connectivity index is 3.32. The zero-order valence-corrected chi connectivity index (χ0v) is 13.0. The molecule has 22 heavy (non-hydrogen) atoms. The van der Waals surface area contributed by atoms with Crippen LogP contribution in [-0.4, -0.2) is 23.9 Å². The fourth-order valence-electron chi connectivity index (χ4n) is 1.42. The number of hydrogen-bond donors (Lipinski definition) is 0. The van der Waals surface area contributed by atoms with Crippen LogP contribution in [0.15, 0.2) is 6.07 Å². The third-order valence-electron chi connectivity index (χ3n) is 2.16. The van der Waals surface area contributed by atoms with Gasteiger partial charge < -0.3 is 9.47 Å². The number of carbonyl (C=O) groups excluding carboxylic acids is 1. The van der Waals surface area contributed by atoms with Crippen LogP contribution in [0.3, 0.4) is 0 Å². The Morgan fingerprint density at radius 1 is 1.27 bits per heavy atom. The summed E-state index contributed by atoms with van der Waals surface area (Å²) in [6.45, 7) is 1.38. The van der Waals surface area contributed by atoms with Gasteiger partial charge in [-0.3, -0.25) is 4.79 Å². The molecule has 0 atom stereocenters. The third-order valence-corrected chi connectivity index (χ3v) is 2.89. The van der Waals surface area contributed by atoms with E-state index in [1.165, 1.54) is 29.5 Å². The van der Waals surface area contributed by atoms with Crippen LogP contribution in [0, 0.1) is 3.70 Å². The van der Waals surface area contributed by atoms with E-state index in [0.29, 0.717) is 6.07 Å². The second kappa shape index (κ2) is 6.87. The summed E-state index contributed by atoms with van der Waals surface area (Å²) in [6.07, 6.45) is -10.8. The summed E-state index contributed by atoms with van der Waals surface area (Å²) in [5.74, 6) is -1.93. The number of ether oxygens (including phenoxy) is 2. The van der Waals surface area contributed by atoms with E-state index in [0.717, 1.165) is 0 Å². The van der Waals surface area contributed by atoms with Gasteiger partial charge in [0.25, 0.3) is 0 Å². The molecule has 0 fully saturated rings. The molecule has 124 valence electrons. The number of carbonyl (C=O) groups is 1. The lowest BCUT2D eigenvalue weighted by Crippen LogP contribution is -2.21. The lowest BCUT2D eigenvalue weighted by atomic mass is 10.1. The van der Waals surface area contributed by atoms with E-state index in [-0.39, 0.29) is 6.61 Å². The van der Waals surface area contributed by atoms with E-state index >= 15 is 0 Å². The first-order chi connectivity index (χ1) is 9.94. The summed E-state index contributed by atoms with van der Waals surface area (Å²) in [6, 6.07) is 0.333. The quantitative estimate of drug-likeness (QED) is 0.308. The average molecular weight is 443 g/mol. The second-order valence-electron chi connectivity index (χ2n) is 3.81. The number of pyridine rings is 1. The lowest BCUT2D eigenvalue weighted by Gasteiger charge is -2.16. The molecule has 0 spiro atoms. The van der Waals surface area contributed by atoms with Crippen molar-refractivity contribution in [3.63, 3.8) is 0 Å². The first kappa shape index (κ1) is 18.8.